The van der Waals surface area contributed by atoms with Crippen LogP contribution >= 0.6 is 0 Å². The highest BCUT2D eigenvalue weighted by atomic mass is 19.4. The van der Waals surface area contributed by atoms with Crippen molar-refractivity contribution in [3.8, 4) is 0 Å². The Balaban J connectivity index is 0. The predicted molar refractivity (Wildman–Crippen MR) is 28.8 cm³/mol. The molecule has 0 unspecified atom stereocenters. The first-order chi connectivity index (χ1) is 4.48. The fourth-order valence-electron chi connectivity index (χ4n) is 0.160. The minimum atomic E-state index is -4.98. The largest absolute Gasteiger partial charge is 0.494 e. The van der Waals surface area contributed by atoms with E-state index in [0.717, 1.165) is 0 Å². The Morgan fingerprint density at radius 2 is 1.91 bits per heavy atom. The highest BCUT2D eigenvalue weighted by molar-refractivity contribution is 5.74. The van der Waals surface area contributed by atoms with Crippen molar-refractivity contribution < 1.29 is 27.7 Å². The molecule has 3 N–H and O–H groups in total. The van der Waals surface area contributed by atoms with Crippen LogP contribution in [0.1, 0.15) is 6.92 Å². The molecule has 0 radical (unpaired) electrons. The molecule has 0 rings (SSSR count). The second kappa shape index (κ2) is 4.91. The van der Waals surface area contributed by atoms with Gasteiger partial charge in [0.1, 0.15) is 0 Å². The number of alkyl halides is 3. The van der Waals surface area contributed by atoms with Gasteiger partial charge in [-0.2, -0.15) is 18.1 Å². The van der Waals surface area contributed by atoms with E-state index in [0.29, 0.717) is 0 Å². The van der Waals surface area contributed by atoms with E-state index in [2.05, 4.69) is 9.78 Å². The van der Waals surface area contributed by atoms with Gasteiger partial charge >= 0.3 is 12.1 Å². The molecule has 0 aromatic heterocycles. The zero-order valence-corrected chi connectivity index (χ0v) is 5.77. The van der Waals surface area contributed by atoms with Crippen LogP contribution in [0.2, 0.25) is 0 Å². The van der Waals surface area contributed by atoms with Gasteiger partial charge in [-0.15, -0.1) is 0 Å². The average Bonchev–Trinajstić information content (AvgIpc) is 1.80. The molecular weight excluding hydrogens is 167 g/mol. The maximum absolute atomic E-state index is 11.2. The van der Waals surface area contributed by atoms with Crippen LogP contribution in [-0.4, -0.2) is 18.8 Å². The summed E-state index contributed by atoms with van der Waals surface area (Å²) in [5.41, 5.74) is 0. The third kappa shape index (κ3) is 5.62. The molecule has 0 atom stereocenters. The fourth-order valence-corrected chi connectivity index (χ4v) is 0.160. The van der Waals surface area contributed by atoms with Gasteiger partial charge < -0.3 is 6.15 Å². The summed E-state index contributed by atoms with van der Waals surface area (Å²) in [5.74, 6) is -2.34. The quantitative estimate of drug-likeness (QED) is 0.505. The summed E-state index contributed by atoms with van der Waals surface area (Å²) < 4.78 is 33.7. The molecule has 7 heteroatoms. The number of carbonyl (C=O) groups is 1. The van der Waals surface area contributed by atoms with Gasteiger partial charge in [0, 0.05) is 0 Å². The van der Waals surface area contributed by atoms with E-state index < -0.39 is 12.1 Å². The third-order valence-electron chi connectivity index (χ3n) is 0.484. The van der Waals surface area contributed by atoms with Crippen LogP contribution in [0.5, 0.6) is 0 Å². The van der Waals surface area contributed by atoms with Crippen LogP contribution in [0.25, 0.3) is 0 Å². The maximum Gasteiger partial charge on any atom is 0.494 e. The average molecular weight is 175 g/mol. The Morgan fingerprint density at radius 3 is 2.18 bits per heavy atom. The lowest BCUT2D eigenvalue weighted by Gasteiger charge is -2.02. The van der Waals surface area contributed by atoms with Gasteiger partial charge in [-0.25, -0.2) is 4.79 Å². The lowest BCUT2D eigenvalue weighted by Crippen LogP contribution is -2.25. The first-order valence-electron chi connectivity index (χ1n) is 2.39. The van der Waals surface area contributed by atoms with E-state index in [4.69, 9.17) is 0 Å². The Morgan fingerprint density at radius 1 is 1.45 bits per heavy atom. The third-order valence-corrected chi connectivity index (χ3v) is 0.484. The van der Waals surface area contributed by atoms with Gasteiger partial charge in [0.05, 0.1) is 6.61 Å². The van der Waals surface area contributed by atoms with E-state index in [-0.39, 0.29) is 12.8 Å². The van der Waals surface area contributed by atoms with Gasteiger partial charge in [-0.3, -0.25) is 4.89 Å². The van der Waals surface area contributed by atoms with Crippen LogP contribution in [0.15, 0.2) is 0 Å². The van der Waals surface area contributed by atoms with Crippen LogP contribution in [-0.2, 0) is 14.6 Å². The summed E-state index contributed by atoms with van der Waals surface area (Å²) >= 11 is 0. The van der Waals surface area contributed by atoms with Gasteiger partial charge in [0.25, 0.3) is 0 Å². The number of halogens is 3. The Hall–Kier alpha value is -0.820. The minimum absolute atomic E-state index is 0. The number of rotatable bonds is 2. The minimum Gasteiger partial charge on any atom is -0.344 e. The molecule has 0 saturated carbocycles. The number of hydrogen-bond acceptors (Lipinski definition) is 4. The second-order valence-electron chi connectivity index (χ2n) is 1.28. The van der Waals surface area contributed by atoms with Crippen molar-refractivity contribution in [2.45, 2.75) is 13.1 Å². The van der Waals surface area contributed by atoms with E-state index in [1.54, 1.807) is 0 Å². The molecule has 0 aliphatic rings. The molecule has 0 bridgehead atoms. The van der Waals surface area contributed by atoms with Gasteiger partial charge in [0.15, 0.2) is 0 Å². The molecule has 0 fully saturated rings. The predicted octanol–water partition coefficient (Wildman–Crippen LogP) is 1.21. The number of carbonyl (C=O) groups excluding carboxylic acids is 1. The molecule has 0 aliphatic heterocycles. The van der Waals surface area contributed by atoms with Crippen LogP contribution in [0.4, 0.5) is 13.2 Å². The Kier molecular flexibility index (Phi) is 5.73. The zero-order valence-electron chi connectivity index (χ0n) is 5.77. The first-order valence-corrected chi connectivity index (χ1v) is 2.39. The van der Waals surface area contributed by atoms with Gasteiger partial charge in [0.2, 0.25) is 0 Å². The Bertz CT molecular complexity index is 124. The topological polar surface area (TPSA) is 70.5 Å². The van der Waals surface area contributed by atoms with Crippen molar-refractivity contribution in [1.82, 2.24) is 6.15 Å². The fraction of sp³-hybridized carbons (Fsp3) is 0.750. The maximum atomic E-state index is 11.2. The summed E-state index contributed by atoms with van der Waals surface area (Å²) in [6.07, 6.45) is -4.98. The second-order valence-corrected chi connectivity index (χ2v) is 1.28. The van der Waals surface area contributed by atoms with Crippen molar-refractivity contribution in [2.75, 3.05) is 6.61 Å². The zero-order chi connectivity index (χ0) is 8.20. The van der Waals surface area contributed by atoms with E-state index >= 15 is 0 Å². The smallest absolute Gasteiger partial charge is 0.344 e. The highest BCUT2D eigenvalue weighted by Gasteiger charge is 2.42. The lowest BCUT2D eigenvalue weighted by atomic mass is 10.7. The molecule has 0 aliphatic carbocycles. The summed E-state index contributed by atoms with van der Waals surface area (Å²) in [5, 5.41) is 0. The summed E-state index contributed by atoms with van der Waals surface area (Å²) in [7, 11) is 0. The first kappa shape index (κ1) is 12.8. The molecule has 0 amide bonds. The van der Waals surface area contributed by atoms with Crippen molar-refractivity contribution >= 4 is 5.97 Å². The SMILES string of the molecule is CCOOC(=O)C(F)(F)F.N. The van der Waals surface area contributed by atoms with Crippen LogP contribution in [0, 0.1) is 0 Å². The molecule has 0 aromatic rings. The molecule has 11 heavy (non-hydrogen) atoms. The molecule has 0 saturated heterocycles. The monoisotopic (exact) mass is 175 g/mol. The molecule has 4 nitrogen and oxygen atoms in total. The summed E-state index contributed by atoms with van der Waals surface area (Å²) in [4.78, 5) is 16.8. The van der Waals surface area contributed by atoms with Crippen molar-refractivity contribution in [3.05, 3.63) is 0 Å². The summed E-state index contributed by atoms with van der Waals surface area (Å²) in [6, 6.07) is 0. The van der Waals surface area contributed by atoms with Gasteiger partial charge in [-0.05, 0) is 6.92 Å². The van der Waals surface area contributed by atoms with Crippen molar-refractivity contribution in [2.24, 2.45) is 0 Å². The van der Waals surface area contributed by atoms with Gasteiger partial charge in [-0.1, -0.05) is 0 Å². The van der Waals surface area contributed by atoms with Crippen molar-refractivity contribution in [1.29, 1.82) is 0 Å². The normalized spacial score (nSPS) is 10.2. The molecule has 68 valence electrons. The molecule has 0 aromatic carbocycles. The van der Waals surface area contributed by atoms with E-state index in [1.807, 2.05) is 0 Å². The highest BCUT2D eigenvalue weighted by Crippen LogP contribution is 2.16. The number of hydrogen-bond donors (Lipinski definition) is 1. The van der Waals surface area contributed by atoms with E-state index in [1.165, 1.54) is 6.92 Å². The molecule has 0 spiro atoms. The molecule has 0 heterocycles. The van der Waals surface area contributed by atoms with Crippen LogP contribution in [0.3, 0.4) is 0 Å². The van der Waals surface area contributed by atoms with E-state index in [9.17, 15) is 18.0 Å². The molecular formula is C4H8F3NO3. The standard InChI is InChI=1S/C4H5F3O3.H3N/c1-2-9-10-3(8)4(5,6)7;/h2H2,1H3;1H3. The van der Waals surface area contributed by atoms with Crippen molar-refractivity contribution in [3.63, 3.8) is 0 Å². The van der Waals surface area contributed by atoms with Crippen LogP contribution < -0.4 is 6.15 Å². The summed E-state index contributed by atoms with van der Waals surface area (Å²) in [6.45, 7) is 1.28. The Labute approximate surface area is 60.8 Å². The lowest BCUT2D eigenvalue weighted by molar-refractivity contribution is -0.298.